The van der Waals surface area contributed by atoms with Gasteiger partial charge in [0.1, 0.15) is 6.61 Å². The number of rotatable bonds is 66. The van der Waals surface area contributed by atoms with Crippen molar-refractivity contribution >= 4 is 11.9 Å². The van der Waals surface area contributed by atoms with Crippen LogP contribution in [0.25, 0.3) is 0 Å². The molecule has 0 aromatic heterocycles. The van der Waals surface area contributed by atoms with Crippen LogP contribution in [0.5, 0.6) is 0 Å². The van der Waals surface area contributed by atoms with Crippen molar-refractivity contribution in [3.63, 3.8) is 0 Å². The molecule has 482 valence electrons. The van der Waals surface area contributed by atoms with Gasteiger partial charge in [0, 0.05) is 12.8 Å². The van der Waals surface area contributed by atoms with Crippen LogP contribution in [-0.2, 0) is 19.1 Å². The summed E-state index contributed by atoms with van der Waals surface area (Å²) in [5.41, 5.74) is 0. The van der Waals surface area contributed by atoms with Gasteiger partial charge >= 0.3 is 11.9 Å². The molecule has 5 nitrogen and oxygen atoms in total. The quantitative estimate of drug-likeness (QED) is 0.0373. The summed E-state index contributed by atoms with van der Waals surface area (Å²) in [5, 5.41) is 9.71. The summed E-state index contributed by atoms with van der Waals surface area (Å²) in [5.74, 6) is -0.580. The lowest BCUT2D eigenvalue weighted by molar-refractivity contribution is -0.161. The monoisotopic (exact) mass is 1170 g/mol. The number of aliphatic hydroxyl groups excluding tert-OH is 1. The average Bonchev–Trinajstić information content (AvgIpc) is 3.51. The minimum absolute atomic E-state index is 0.0668. The standard InChI is InChI=1S/C79H136O5/c1-3-5-7-9-11-13-15-17-19-21-23-25-27-29-31-33-35-36-37-38-39-40-41-42-44-46-48-50-52-54-56-58-60-62-64-66-68-70-72-74-79(82)84-77(75-80)76-83-78(81)73-71-69-67-65-63-61-59-57-55-53-51-49-47-45-43-34-32-30-28-26-24-22-20-18-16-14-12-10-8-6-4-2/h5,7,11,13,16-19,22-25,28-31,35-36,38-39,77,80H,3-4,6,8-10,12,14-15,20-21,26-27,32-34,37,40-76H2,1-2H3/b7-5-,13-11-,18-16-,19-17-,24-22-,25-23-,30-28-,31-29-,36-35-,39-38-. The number of hydrogen-bond donors (Lipinski definition) is 1. The van der Waals surface area contributed by atoms with Gasteiger partial charge in [-0.05, 0) is 109 Å². The highest BCUT2D eigenvalue weighted by atomic mass is 16.6. The third-order valence-electron chi connectivity index (χ3n) is 15.7. The number of carbonyl (C=O) groups is 2. The molecule has 0 rings (SSSR count). The van der Waals surface area contributed by atoms with E-state index >= 15 is 0 Å². The van der Waals surface area contributed by atoms with Crippen molar-refractivity contribution in [1.29, 1.82) is 0 Å². The number of ether oxygens (including phenoxy) is 2. The van der Waals surface area contributed by atoms with Crippen molar-refractivity contribution in [3.05, 3.63) is 122 Å². The Bertz CT molecular complexity index is 1650. The summed E-state index contributed by atoms with van der Waals surface area (Å²) in [6, 6.07) is 0. The van der Waals surface area contributed by atoms with Gasteiger partial charge in [-0.1, -0.05) is 347 Å². The molecule has 0 aliphatic rings. The van der Waals surface area contributed by atoms with E-state index in [9.17, 15) is 14.7 Å². The highest BCUT2D eigenvalue weighted by molar-refractivity contribution is 5.70. The van der Waals surface area contributed by atoms with Crippen LogP contribution in [0, 0.1) is 0 Å². The molecule has 1 N–H and O–H groups in total. The fourth-order valence-corrected chi connectivity index (χ4v) is 10.4. The first-order valence-corrected chi connectivity index (χ1v) is 36.1. The van der Waals surface area contributed by atoms with E-state index in [1.54, 1.807) is 0 Å². The second kappa shape index (κ2) is 73.6. The number of esters is 2. The van der Waals surface area contributed by atoms with Gasteiger partial charge in [0.25, 0.3) is 0 Å². The fraction of sp³-hybridized carbons (Fsp3) is 0.722. The van der Waals surface area contributed by atoms with E-state index in [1.807, 2.05) is 0 Å². The molecule has 0 radical (unpaired) electrons. The maximum Gasteiger partial charge on any atom is 0.306 e. The summed E-state index contributed by atoms with van der Waals surface area (Å²) in [7, 11) is 0. The molecule has 0 saturated heterocycles. The van der Waals surface area contributed by atoms with Crippen LogP contribution in [0.3, 0.4) is 0 Å². The van der Waals surface area contributed by atoms with Crippen LogP contribution in [0.15, 0.2) is 122 Å². The third kappa shape index (κ3) is 70.8. The molecule has 0 aliphatic heterocycles. The first-order chi connectivity index (χ1) is 41.6. The Kier molecular flexibility index (Phi) is 70.3. The summed E-state index contributed by atoms with van der Waals surface area (Å²) >= 11 is 0. The van der Waals surface area contributed by atoms with Crippen LogP contribution >= 0.6 is 0 Å². The van der Waals surface area contributed by atoms with Crippen molar-refractivity contribution in [2.75, 3.05) is 13.2 Å². The largest absolute Gasteiger partial charge is 0.462 e. The summed E-state index contributed by atoms with van der Waals surface area (Å²) in [6.07, 6.45) is 108. The second-order valence-corrected chi connectivity index (χ2v) is 23.9. The normalized spacial score (nSPS) is 12.9. The number of aliphatic hydroxyl groups is 1. The smallest absolute Gasteiger partial charge is 0.306 e. The fourth-order valence-electron chi connectivity index (χ4n) is 10.4. The Morgan fingerprint density at radius 1 is 0.286 bits per heavy atom. The molecule has 84 heavy (non-hydrogen) atoms. The molecular weight excluding hydrogens is 1030 g/mol. The van der Waals surface area contributed by atoms with Gasteiger partial charge in [0.05, 0.1) is 6.61 Å². The first-order valence-electron chi connectivity index (χ1n) is 36.1. The SMILES string of the molecule is CC/C=C\C/C=C\C/C=C\C/C=C\C/C=C\C/C=C\C/C=C\CCCCCCCCCCCCCCCCCCCC(=O)OC(CO)COC(=O)CCCCCCCCCCCCCCCCCC/C=C\C/C=C\C/C=C\CCCCCCC. The Hall–Kier alpha value is -3.70. The lowest BCUT2D eigenvalue weighted by Gasteiger charge is -2.15. The van der Waals surface area contributed by atoms with Crippen LogP contribution in [-0.4, -0.2) is 36.4 Å². The summed E-state index contributed by atoms with van der Waals surface area (Å²) in [6.45, 7) is 4.05. The van der Waals surface area contributed by atoms with E-state index in [0.717, 1.165) is 96.3 Å². The van der Waals surface area contributed by atoms with E-state index in [-0.39, 0.29) is 25.2 Å². The third-order valence-corrected chi connectivity index (χ3v) is 15.7. The predicted octanol–water partition coefficient (Wildman–Crippen LogP) is 25.3. The lowest BCUT2D eigenvalue weighted by atomic mass is 10.0. The molecule has 5 heteroatoms. The zero-order chi connectivity index (χ0) is 60.5. The van der Waals surface area contributed by atoms with Crippen molar-refractivity contribution in [3.8, 4) is 0 Å². The molecule has 1 unspecified atom stereocenters. The van der Waals surface area contributed by atoms with Crippen molar-refractivity contribution in [1.82, 2.24) is 0 Å². The Labute approximate surface area is 522 Å². The van der Waals surface area contributed by atoms with Gasteiger partial charge in [-0.25, -0.2) is 0 Å². The maximum absolute atomic E-state index is 12.4. The minimum atomic E-state index is -0.778. The van der Waals surface area contributed by atoms with E-state index in [1.165, 1.54) is 225 Å². The van der Waals surface area contributed by atoms with Crippen molar-refractivity contribution < 1.29 is 24.2 Å². The van der Waals surface area contributed by atoms with Gasteiger partial charge < -0.3 is 14.6 Å². The van der Waals surface area contributed by atoms with E-state index < -0.39 is 6.10 Å². The molecule has 1 atom stereocenters. The van der Waals surface area contributed by atoms with Gasteiger partial charge in [0.2, 0.25) is 0 Å². The van der Waals surface area contributed by atoms with Gasteiger partial charge in [0.15, 0.2) is 6.10 Å². The number of allylic oxidation sites excluding steroid dienone is 20. The molecule has 0 aromatic rings. The molecule has 0 aromatic carbocycles. The molecule has 0 amide bonds. The topological polar surface area (TPSA) is 72.8 Å². The zero-order valence-corrected chi connectivity index (χ0v) is 55.4. The Morgan fingerprint density at radius 2 is 0.512 bits per heavy atom. The molecule has 0 fully saturated rings. The van der Waals surface area contributed by atoms with Crippen LogP contribution < -0.4 is 0 Å². The highest BCUT2D eigenvalue weighted by Crippen LogP contribution is 2.18. The molecule has 0 aliphatic carbocycles. The number of hydrogen-bond acceptors (Lipinski definition) is 5. The van der Waals surface area contributed by atoms with Crippen molar-refractivity contribution in [2.24, 2.45) is 0 Å². The minimum Gasteiger partial charge on any atom is -0.462 e. The highest BCUT2D eigenvalue weighted by Gasteiger charge is 2.16. The van der Waals surface area contributed by atoms with E-state index in [0.29, 0.717) is 12.8 Å². The molecule has 0 bridgehead atoms. The second-order valence-electron chi connectivity index (χ2n) is 23.9. The molecule has 0 heterocycles. The average molecular weight is 1170 g/mol. The Morgan fingerprint density at radius 3 is 0.774 bits per heavy atom. The summed E-state index contributed by atoms with van der Waals surface area (Å²) < 4.78 is 10.8. The van der Waals surface area contributed by atoms with Gasteiger partial charge in [-0.15, -0.1) is 0 Å². The van der Waals surface area contributed by atoms with Crippen LogP contribution in [0.2, 0.25) is 0 Å². The maximum atomic E-state index is 12.4. The van der Waals surface area contributed by atoms with Gasteiger partial charge in [-0.3, -0.25) is 9.59 Å². The number of carbonyl (C=O) groups excluding carboxylic acids is 2. The predicted molar refractivity (Wildman–Crippen MR) is 371 cm³/mol. The first kappa shape index (κ1) is 80.3. The van der Waals surface area contributed by atoms with Crippen LogP contribution in [0.1, 0.15) is 348 Å². The van der Waals surface area contributed by atoms with Crippen LogP contribution in [0.4, 0.5) is 0 Å². The van der Waals surface area contributed by atoms with Crippen molar-refractivity contribution in [2.45, 2.75) is 354 Å². The number of unbranched alkanes of at least 4 members (excludes halogenated alkanes) is 38. The molecular formula is C79H136O5. The molecule has 0 saturated carbocycles. The van der Waals surface area contributed by atoms with E-state index in [4.69, 9.17) is 9.47 Å². The Balaban J connectivity index is 3.46. The lowest BCUT2D eigenvalue weighted by Crippen LogP contribution is -2.28. The molecule has 0 spiro atoms. The summed E-state index contributed by atoms with van der Waals surface area (Å²) in [4.78, 5) is 24.7. The van der Waals surface area contributed by atoms with E-state index in [2.05, 4.69) is 135 Å². The van der Waals surface area contributed by atoms with Gasteiger partial charge in [-0.2, -0.15) is 0 Å². The zero-order valence-electron chi connectivity index (χ0n) is 55.4.